The van der Waals surface area contributed by atoms with Crippen LogP contribution in [0.4, 0.5) is 5.69 Å². The van der Waals surface area contributed by atoms with E-state index in [0.717, 1.165) is 17.5 Å². The van der Waals surface area contributed by atoms with Gasteiger partial charge in [-0.05, 0) is 43.2 Å². The minimum atomic E-state index is -0.482. The number of nitrogens with zero attached hydrogens (tertiary/aromatic N) is 1. The molecule has 3 atom stereocenters. The molecule has 1 amide bonds. The molecule has 0 aromatic carbocycles. The Morgan fingerprint density at radius 2 is 2.17 bits per heavy atom. The van der Waals surface area contributed by atoms with E-state index in [1.54, 1.807) is 12.3 Å². The fourth-order valence-electron chi connectivity index (χ4n) is 2.57. The molecular formula is C14H21N3O. The molecule has 4 nitrogen and oxygen atoms in total. The Balaban J connectivity index is 2.01. The summed E-state index contributed by atoms with van der Waals surface area (Å²) in [7, 11) is 0. The topological polar surface area (TPSA) is 68.0 Å². The summed E-state index contributed by atoms with van der Waals surface area (Å²) in [6.45, 7) is 4.62. The summed E-state index contributed by atoms with van der Waals surface area (Å²) in [4.78, 5) is 15.0. The van der Waals surface area contributed by atoms with Crippen molar-refractivity contribution in [1.82, 2.24) is 4.98 Å². The number of rotatable bonds is 3. The van der Waals surface area contributed by atoms with E-state index in [0.29, 0.717) is 11.7 Å². The first-order chi connectivity index (χ1) is 8.56. The molecule has 1 aromatic rings. The average molecular weight is 247 g/mol. The summed E-state index contributed by atoms with van der Waals surface area (Å²) in [6.07, 6.45) is 5.24. The molecule has 3 N–H and O–H groups in total. The first-order valence-electron chi connectivity index (χ1n) is 6.58. The maximum atomic E-state index is 11.1. The van der Waals surface area contributed by atoms with Gasteiger partial charge in [0.05, 0.1) is 0 Å². The number of anilines is 1. The summed E-state index contributed by atoms with van der Waals surface area (Å²) in [5.74, 6) is 1.07. The van der Waals surface area contributed by atoms with Gasteiger partial charge in [-0.1, -0.05) is 13.8 Å². The molecule has 1 heterocycles. The highest BCUT2D eigenvalue weighted by atomic mass is 16.1. The minimum absolute atomic E-state index is 0.317. The van der Waals surface area contributed by atoms with Crippen LogP contribution in [-0.4, -0.2) is 16.9 Å². The minimum Gasteiger partial charge on any atom is -0.382 e. The Morgan fingerprint density at radius 1 is 1.39 bits per heavy atom. The van der Waals surface area contributed by atoms with Crippen LogP contribution in [0.5, 0.6) is 0 Å². The van der Waals surface area contributed by atoms with Crippen molar-refractivity contribution in [1.29, 1.82) is 0 Å². The predicted octanol–water partition coefficient (Wildman–Crippen LogP) is 2.42. The summed E-state index contributed by atoms with van der Waals surface area (Å²) in [5.41, 5.74) is 6.48. The molecule has 2 rings (SSSR count). The third-order valence-corrected chi connectivity index (χ3v) is 3.98. The van der Waals surface area contributed by atoms with Gasteiger partial charge in [-0.3, -0.25) is 9.78 Å². The van der Waals surface area contributed by atoms with E-state index in [1.807, 2.05) is 6.07 Å². The van der Waals surface area contributed by atoms with Crippen LogP contribution in [-0.2, 0) is 0 Å². The normalized spacial score (nSPS) is 27.8. The van der Waals surface area contributed by atoms with Gasteiger partial charge in [0.25, 0.3) is 5.91 Å². The van der Waals surface area contributed by atoms with Crippen molar-refractivity contribution < 1.29 is 4.79 Å². The molecule has 0 radical (unpaired) electrons. The molecule has 0 aliphatic heterocycles. The maximum absolute atomic E-state index is 11.1. The fourth-order valence-corrected chi connectivity index (χ4v) is 2.57. The van der Waals surface area contributed by atoms with Gasteiger partial charge in [-0.15, -0.1) is 0 Å². The first kappa shape index (κ1) is 12.9. The second kappa shape index (κ2) is 5.38. The van der Waals surface area contributed by atoms with Crippen LogP contribution in [0.15, 0.2) is 18.3 Å². The third-order valence-electron chi connectivity index (χ3n) is 3.98. The number of primary amides is 1. The molecule has 0 saturated heterocycles. The molecule has 1 aliphatic carbocycles. The lowest BCUT2D eigenvalue weighted by molar-refractivity contribution is 0.0995. The number of nitrogens with two attached hydrogens (primary N) is 1. The summed E-state index contributed by atoms with van der Waals surface area (Å²) in [6, 6.07) is 4.10. The highest BCUT2D eigenvalue weighted by Gasteiger charge is 2.24. The van der Waals surface area contributed by atoms with Crippen LogP contribution in [0.25, 0.3) is 0 Å². The summed E-state index contributed by atoms with van der Waals surface area (Å²) < 4.78 is 0. The molecule has 1 aromatic heterocycles. The van der Waals surface area contributed by atoms with Crippen molar-refractivity contribution >= 4 is 11.6 Å². The van der Waals surface area contributed by atoms with Crippen LogP contribution >= 0.6 is 0 Å². The Bertz CT molecular complexity index is 433. The number of pyridine rings is 1. The molecule has 3 unspecified atom stereocenters. The Morgan fingerprint density at radius 3 is 2.83 bits per heavy atom. The van der Waals surface area contributed by atoms with Crippen molar-refractivity contribution in [2.75, 3.05) is 5.32 Å². The third kappa shape index (κ3) is 3.00. The molecule has 0 bridgehead atoms. The number of nitrogens with one attached hydrogen (secondary N) is 1. The zero-order valence-electron chi connectivity index (χ0n) is 11.0. The Kier molecular flexibility index (Phi) is 3.84. The van der Waals surface area contributed by atoms with Gasteiger partial charge in [0.15, 0.2) is 0 Å². The smallest absolute Gasteiger partial charge is 0.267 e. The van der Waals surface area contributed by atoms with Crippen LogP contribution in [0.2, 0.25) is 0 Å². The molecule has 1 fully saturated rings. The van der Waals surface area contributed by atoms with Crippen molar-refractivity contribution in [3.05, 3.63) is 24.0 Å². The second-order valence-electron chi connectivity index (χ2n) is 5.40. The maximum Gasteiger partial charge on any atom is 0.267 e. The van der Waals surface area contributed by atoms with E-state index >= 15 is 0 Å². The van der Waals surface area contributed by atoms with Gasteiger partial charge >= 0.3 is 0 Å². The van der Waals surface area contributed by atoms with Crippen LogP contribution in [0, 0.1) is 11.8 Å². The predicted molar refractivity (Wildman–Crippen MR) is 72.3 cm³/mol. The number of hydrogen-bond acceptors (Lipinski definition) is 3. The fraction of sp³-hybridized carbons (Fsp3) is 0.571. The lowest BCUT2D eigenvalue weighted by Gasteiger charge is -2.33. The van der Waals surface area contributed by atoms with Gasteiger partial charge < -0.3 is 11.1 Å². The van der Waals surface area contributed by atoms with E-state index in [2.05, 4.69) is 24.1 Å². The Hall–Kier alpha value is -1.58. The molecule has 18 heavy (non-hydrogen) atoms. The quantitative estimate of drug-likeness (QED) is 0.862. The van der Waals surface area contributed by atoms with Crippen LogP contribution < -0.4 is 11.1 Å². The van der Waals surface area contributed by atoms with Crippen molar-refractivity contribution in [2.24, 2.45) is 17.6 Å². The molecule has 0 spiro atoms. The Labute approximate surface area is 108 Å². The van der Waals surface area contributed by atoms with Crippen molar-refractivity contribution in [2.45, 2.75) is 39.2 Å². The summed E-state index contributed by atoms with van der Waals surface area (Å²) in [5, 5.41) is 3.48. The lowest BCUT2D eigenvalue weighted by atomic mass is 9.79. The van der Waals surface area contributed by atoms with Crippen molar-refractivity contribution in [3.8, 4) is 0 Å². The van der Waals surface area contributed by atoms with E-state index in [4.69, 9.17) is 5.73 Å². The number of carbonyl (C=O) groups is 1. The molecule has 98 valence electrons. The standard InChI is InChI=1S/C14H21N3O/c1-9-3-4-11(7-10(9)2)17-12-5-6-16-13(8-12)14(15)18/h5-6,8-11H,3-4,7H2,1-2H3,(H2,15,18)(H,16,17). The second-order valence-corrected chi connectivity index (χ2v) is 5.40. The monoisotopic (exact) mass is 247 g/mol. The molecular weight excluding hydrogens is 226 g/mol. The van der Waals surface area contributed by atoms with Gasteiger partial charge in [0.2, 0.25) is 0 Å². The van der Waals surface area contributed by atoms with Crippen LogP contribution in [0.3, 0.4) is 0 Å². The SMILES string of the molecule is CC1CCC(Nc2ccnc(C(N)=O)c2)CC1C. The number of carbonyl (C=O) groups excluding carboxylic acids is 1. The van der Waals surface area contributed by atoms with Gasteiger partial charge in [-0.25, -0.2) is 0 Å². The number of hydrogen-bond donors (Lipinski definition) is 2. The van der Waals surface area contributed by atoms with Crippen molar-refractivity contribution in [3.63, 3.8) is 0 Å². The zero-order chi connectivity index (χ0) is 13.1. The van der Waals surface area contributed by atoms with Gasteiger partial charge in [-0.2, -0.15) is 0 Å². The summed E-state index contributed by atoms with van der Waals surface area (Å²) >= 11 is 0. The highest BCUT2D eigenvalue weighted by molar-refractivity contribution is 5.91. The lowest BCUT2D eigenvalue weighted by Crippen LogP contribution is -2.30. The largest absolute Gasteiger partial charge is 0.382 e. The zero-order valence-corrected chi connectivity index (χ0v) is 11.0. The molecule has 4 heteroatoms. The van der Waals surface area contributed by atoms with E-state index in [-0.39, 0.29) is 0 Å². The van der Waals surface area contributed by atoms with E-state index in [1.165, 1.54) is 19.3 Å². The highest BCUT2D eigenvalue weighted by Crippen LogP contribution is 2.30. The number of aromatic nitrogens is 1. The molecule has 1 saturated carbocycles. The van der Waals surface area contributed by atoms with E-state index in [9.17, 15) is 4.79 Å². The average Bonchev–Trinajstić information content (AvgIpc) is 2.34. The van der Waals surface area contributed by atoms with E-state index < -0.39 is 5.91 Å². The molecule has 1 aliphatic rings. The first-order valence-corrected chi connectivity index (χ1v) is 6.58. The number of amides is 1. The van der Waals surface area contributed by atoms with Gasteiger partial charge in [0.1, 0.15) is 5.69 Å². The van der Waals surface area contributed by atoms with Gasteiger partial charge in [0, 0.05) is 17.9 Å². The van der Waals surface area contributed by atoms with Crippen LogP contribution in [0.1, 0.15) is 43.6 Å².